The van der Waals surface area contributed by atoms with Crippen molar-refractivity contribution in [3.63, 3.8) is 0 Å². The summed E-state index contributed by atoms with van der Waals surface area (Å²) in [7, 11) is -3.64. The molecule has 2 aromatic carbocycles. The molecule has 0 spiro atoms. The molecule has 2 N–H and O–H groups in total. The summed E-state index contributed by atoms with van der Waals surface area (Å²) >= 11 is 0. The fourth-order valence-electron chi connectivity index (χ4n) is 4.65. The maximum absolute atomic E-state index is 13.1. The topological polar surface area (TPSA) is 95.7 Å². The molecule has 5 rings (SSSR count). The van der Waals surface area contributed by atoms with Crippen LogP contribution in [0.15, 0.2) is 76.5 Å². The molecule has 1 fully saturated rings. The van der Waals surface area contributed by atoms with E-state index in [1.165, 1.54) is 0 Å². The Hall–Kier alpha value is -2.78. The zero-order chi connectivity index (χ0) is 22.8. The van der Waals surface area contributed by atoms with Crippen LogP contribution in [0.5, 0.6) is 0 Å². The Bertz CT molecular complexity index is 1360. The minimum Gasteiger partial charge on any atom is -0.464 e. The molecule has 1 atom stereocenters. The molecule has 0 aliphatic carbocycles. The van der Waals surface area contributed by atoms with E-state index in [4.69, 9.17) is 4.42 Å². The number of nitrogens with zero attached hydrogens (tertiary/aromatic N) is 2. The van der Waals surface area contributed by atoms with Gasteiger partial charge in [-0.15, -0.1) is 0 Å². The second-order valence-electron chi connectivity index (χ2n) is 8.66. The molecule has 33 heavy (non-hydrogen) atoms. The molecular weight excluding hydrogens is 438 g/mol. The summed E-state index contributed by atoms with van der Waals surface area (Å²) in [6, 6.07) is 14.7. The number of para-hydroxylation sites is 1. The number of hydrogen-bond donors (Lipinski definition) is 2. The summed E-state index contributed by atoms with van der Waals surface area (Å²) in [5.74, 6) is 0. The molecule has 1 aliphatic heterocycles. The van der Waals surface area contributed by atoms with Crippen molar-refractivity contribution in [2.24, 2.45) is 0 Å². The van der Waals surface area contributed by atoms with Crippen LogP contribution in [0.2, 0.25) is 0 Å². The lowest BCUT2D eigenvalue weighted by atomic mass is 10.0. The minimum absolute atomic E-state index is 0.127. The van der Waals surface area contributed by atoms with Gasteiger partial charge in [0.25, 0.3) is 0 Å². The Balaban J connectivity index is 1.17. The lowest BCUT2D eigenvalue weighted by Gasteiger charge is -2.33. The van der Waals surface area contributed by atoms with E-state index in [9.17, 15) is 13.5 Å². The summed E-state index contributed by atoms with van der Waals surface area (Å²) in [5.41, 5.74) is 1.83. The third-order valence-corrected chi connectivity index (χ3v) is 7.90. The standard InChI is InChI=1S/C25H27N3O4S/c29-21(14-19-17-32-24-6-2-1-5-22(19)24)16-28-12-9-20(10-13-28)27-33(30,31)25-7-3-4-18-15-26-11-8-23(18)25/h1-8,11,15,17,20-21,27,29H,9-10,12-14,16H2. The highest BCUT2D eigenvalue weighted by Gasteiger charge is 2.26. The third-order valence-electron chi connectivity index (χ3n) is 6.33. The third kappa shape index (κ3) is 4.79. The van der Waals surface area contributed by atoms with Crippen molar-refractivity contribution in [1.82, 2.24) is 14.6 Å². The summed E-state index contributed by atoms with van der Waals surface area (Å²) in [6.07, 6.45) is 6.42. The average Bonchev–Trinajstić information content (AvgIpc) is 3.22. The molecule has 0 amide bonds. The summed E-state index contributed by atoms with van der Waals surface area (Å²) < 4.78 is 34.6. The Morgan fingerprint density at radius 1 is 1.09 bits per heavy atom. The van der Waals surface area contributed by atoms with Gasteiger partial charge in [-0.25, -0.2) is 13.1 Å². The van der Waals surface area contributed by atoms with E-state index in [1.54, 1.807) is 36.9 Å². The fraction of sp³-hybridized carbons (Fsp3) is 0.320. The number of benzene rings is 2. The van der Waals surface area contributed by atoms with Crippen molar-refractivity contribution in [3.05, 3.63) is 72.8 Å². The van der Waals surface area contributed by atoms with Gasteiger partial charge in [-0.3, -0.25) is 4.98 Å². The molecule has 3 heterocycles. The normalized spacial score (nSPS) is 17.0. The van der Waals surface area contributed by atoms with Crippen LogP contribution in [0.1, 0.15) is 18.4 Å². The fourth-order valence-corrected chi connectivity index (χ4v) is 6.19. The zero-order valence-electron chi connectivity index (χ0n) is 18.2. The van der Waals surface area contributed by atoms with Crippen molar-refractivity contribution < 1.29 is 17.9 Å². The Kier molecular flexibility index (Phi) is 6.16. The monoisotopic (exact) mass is 465 g/mol. The molecular formula is C25H27N3O4S. The smallest absolute Gasteiger partial charge is 0.241 e. The zero-order valence-corrected chi connectivity index (χ0v) is 19.0. The number of rotatable bonds is 7. The van der Waals surface area contributed by atoms with E-state index in [-0.39, 0.29) is 10.9 Å². The predicted octanol–water partition coefficient (Wildman–Crippen LogP) is 3.33. The van der Waals surface area contributed by atoms with Crippen LogP contribution >= 0.6 is 0 Å². The van der Waals surface area contributed by atoms with E-state index in [0.29, 0.717) is 31.2 Å². The summed E-state index contributed by atoms with van der Waals surface area (Å²) in [4.78, 5) is 6.56. The molecule has 1 aliphatic rings. The predicted molar refractivity (Wildman–Crippen MR) is 127 cm³/mol. The van der Waals surface area contributed by atoms with Gasteiger partial charge in [-0.05, 0) is 44.1 Å². The molecule has 0 radical (unpaired) electrons. The molecule has 0 saturated carbocycles. The number of aliphatic hydroxyl groups excluding tert-OH is 1. The van der Waals surface area contributed by atoms with Crippen LogP contribution in [0.25, 0.3) is 21.7 Å². The molecule has 8 heteroatoms. The van der Waals surface area contributed by atoms with Gasteiger partial charge >= 0.3 is 0 Å². The SMILES string of the molecule is O=S(=O)(NC1CCN(CC(O)Cc2coc3ccccc23)CC1)c1cccc2cnccc12. The van der Waals surface area contributed by atoms with Gasteiger partial charge in [-0.2, -0.15) is 0 Å². The number of fused-ring (bicyclic) bond motifs is 2. The number of sulfonamides is 1. The molecule has 4 aromatic rings. The maximum atomic E-state index is 13.1. The molecule has 7 nitrogen and oxygen atoms in total. The first-order chi connectivity index (χ1) is 16.0. The highest BCUT2D eigenvalue weighted by molar-refractivity contribution is 7.89. The summed E-state index contributed by atoms with van der Waals surface area (Å²) in [5, 5.41) is 13.1. The maximum Gasteiger partial charge on any atom is 0.241 e. The first-order valence-electron chi connectivity index (χ1n) is 11.2. The highest BCUT2D eigenvalue weighted by atomic mass is 32.2. The number of likely N-dealkylation sites (tertiary alicyclic amines) is 1. The van der Waals surface area contributed by atoms with Crippen molar-refractivity contribution >= 4 is 31.8 Å². The van der Waals surface area contributed by atoms with Crippen LogP contribution in [-0.2, 0) is 16.4 Å². The summed E-state index contributed by atoms with van der Waals surface area (Å²) in [6.45, 7) is 2.01. The number of nitrogens with one attached hydrogen (secondary N) is 1. The first kappa shape index (κ1) is 22.0. The lowest BCUT2D eigenvalue weighted by molar-refractivity contribution is 0.0963. The average molecular weight is 466 g/mol. The first-order valence-corrected chi connectivity index (χ1v) is 12.7. The molecule has 1 unspecified atom stereocenters. The molecule has 1 saturated heterocycles. The number of hydrogen-bond acceptors (Lipinski definition) is 6. The van der Waals surface area contributed by atoms with E-state index in [1.807, 2.05) is 30.3 Å². The van der Waals surface area contributed by atoms with E-state index in [2.05, 4.69) is 14.6 Å². The second-order valence-corrected chi connectivity index (χ2v) is 10.3. The van der Waals surface area contributed by atoms with Gasteiger partial charge in [0.2, 0.25) is 10.0 Å². The van der Waals surface area contributed by atoms with Crippen LogP contribution < -0.4 is 4.72 Å². The minimum atomic E-state index is -3.64. The Labute approximate surface area is 193 Å². The number of pyridine rings is 1. The van der Waals surface area contributed by atoms with Crippen LogP contribution in [0.3, 0.4) is 0 Å². The number of aliphatic hydroxyl groups is 1. The van der Waals surface area contributed by atoms with Gasteiger partial charge in [0, 0.05) is 53.1 Å². The van der Waals surface area contributed by atoms with Crippen molar-refractivity contribution in [2.75, 3.05) is 19.6 Å². The van der Waals surface area contributed by atoms with E-state index in [0.717, 1.165) is 35.0 Å². The molecule has 172 valence electrons. The molecule has 0 bridgehead atoms. The van der Waals surface area contributed by atoms with Crippen molar-refractivity contribution in [1.29, 1.82) is 0 Å². The number of aromatic nitrogens is 1. The largest absolute Gasteiger partial charge is 0.464 e. The molecule has 2 aromatic heterocycles. The highest BCUT2D eigenvalue weighted by Crippen LogP contribution is 2.24. The quantitative estimate of drug-likeness (QED) is 0.435. The van der Waals surface area contributed by atoms with Crippen LogP contribution in [0, 0.1) is 0 Å². The van der Waals surface area contributed by atoms with Gasteiger partial charge in [0.15, 0.2) is 0 Å². The van der Waals surface area contributed by atoms with Gasteiger partial charge in [0.1, 0.15) is 5.58 Å². The second kappa shape index (κ2) is 9.23. The number of piperidine rings is 1. The van der Waals surface area contributed by atoms with Crippen LogP contribution in [-0.4, -0.2) is 55.2 Å². The van der Waals surface area contributed by atoms with Crippen molar-refractivity contribution in [2.45, 2.75) is 36.3 Å². The van der Waals surface area contributed by atoms with Crippen molar-refractivity contribution in [3.8, 4) is 0 Å². The Morgan fingerprint density at radius 2 is 1.91 bits per heavy atom. The van der Waals surface area contributed by atoms with Gasteiger partial charge in [0.05, 0.1) is 17.3 Å². The van der Waals surface area contributed by atoms with E-state index < -0.39 is 16.1 Å². The number of furan rings is 1. The lowest BCUT2D eigenvalue weighted by Crippen LogP contribution is -2.46. The van der Waals surface area contributed by atoms with Crippen LogP contribution in [0.4, 0.5) is 0 Å². The Morgan fingerprint density at radius 3 is 2.76 bits per heavy atom. The van der Waals surface area contributed by atoms with E-state index >= 15 is 0 Å². The van der Waals surface area contributed by atoms with Gasteiger partial charge in [-0.1, -0.05) is 30.3 Å². The number of β-amino-alcohol motifs (C(OH)–C–C–N with tert-alkyl or cyclic N) is 1. The van der Waals surface area contributed by atoms with Gasteiger partial charge < -0.3 is 14.4 Å².